The minimum absolute atomic E-state index is 0.569. The van der Waals surface area contributed by atoms with E-state index in [2.05, 4.69) is 114 Å². The monoisotopic (exact) mass is 550 g/mol. The molecule has 0 aliphatic heterocycles. The van der Waals surface area contributed by atoms with Crippen LogP contribution < -0.4 is 0 Å². The Morgan fingerprint density at radius 3 is 2.23 bits per heavy atom. The molecule has 3 nitrogen and oxygen atoms in total. The average Bonchev–Trinajstić information content (AvgIpc) is 3.68. The molecule has 188 valence electrons. The number of hydrogen-bond donors (Lipinski definition) is 0. The van der Waals surface area contributed by atoms with Gasteiger partial charge in [-0.25, -0.2) is 4.98 Å². The van der Waals surface area contributed by atoms with Gasteiger partial charge in [0, 0.05) is 42.2 Å². The van der Waals surface area contributed by atoms with Crippen molar-refractivity contribution in [3.63, 3.8) is 0 Å². The maximum atomic E-state index is 6.69. The fraction of sp³-hybridized carbons (Fsp3) is 0. The van der Waals surface area contributed by atoms with Crippen molar-refractivity contribution in [3.05, 3.63) is 120 Å². The zero-order chi connectivity index (χ0) is 26.4. The third-order valence-corrected chi connectivity index (χ3v) is 9.28. The molecule has 0 spiro atoms. The van der Waals surface area contributed by atoms with Gasteiger partial charge in [0.05, 0.1) is 16.1 Å². The van der Waals surface area contributed by atoms with E-state index in [1.165, 1.54) is 42.7 Å². The van der Waals surface area contributed by atoms with Gasteiger partial charge in [-0.15, -0.1) is 11.3 Å². The Balaban J connectivity index is 1.23. The Labute approximate surface area is 237 Å². The van der Waals surface area contributed by atoms with Crippen LogP contribution in [0.1, 0.15) is 0 Å². The lowest BCUT2D eigenvalue weighted by molar-refractivity contribution is 0.623. The van der Waals surface area contributed by atoms with Gasteiger partial charge in [0.25, 0.3) is 0 Å². The first-order chi connectivity index (χ1) is 19.7. The number of oxazole rings is 1. The molecule has 0 aliphatic rings. The van der Waals surface area contributed by atoms with Crippen molar-refractivity contribution in [3.8, 4) is 17.1 Å². The molecule has 3 heterocycles. The summed E-state index contributed by atoms with van der Waals surface area (Å²) in [5.41, 5.74) is 5.81. The van der Waals surface area contributed by atoms with E-state index >= 15 is 0 Å². The summed E-state index contributed by atoms with van der Waals surface area (Å²) in [7, 11) is 0. The molecule has 9 aromatic rings. The number of nitrogens with zero attached hydrogens (tertiary/aromatic N) is 2. The van der Waals surface area contributed by atoms with E-state index in [0.29, 0.717) is 16.4 Å². The first-order valence-electron chi connectivity index (χ1n) is 13.2. The minimum Gasteiger partial charge on any atom is -0.435 e. The van der Waals surface area contributed by atoms with Crippen molar-refractivity contribution in [2.24, 2.45) is 0 Å². The fourth-order valence-electron chi connectivity index (χ4n) is 6.05. The standard InChI is InChI=1S/C35H19ClN2OS/c36-27-19-31-32(25-10-4-6-12-30(25)40-31)34-33(27)37-35(39-34)20-13-15-23(16-14-20)38-28-11-5-3-9-24(28)26-17-21-7-1-2-8-22(21)18-29(26)38/h1-19H. The van der Waals surface area contributed by atoms with Gasteiger partial charge in [0.2, 0.25) is 5.89 Å². The Kier molecular flexibility index (Phi) is 4.54. The van der Waals surface area contributed by atoms with Crippen LogP contribution in [0.4, 0.5) is 0 Å². The molecule has 0 aliphatic carbocycles. The van der Waals surface area contributed by atoms with Gasteiger partial charge >= 0.3 is 0 Å². The highest BCUT2D eigenvalue weighted by Gasteiger charge is 2.19. The van der Waals surface area contributed by atoms with Gasteiger partial charge in [-0.2, -0.15) is 0 Å². The van der Waals surface area contributed by atoms with Gasteiger partial charge < -0.3 is 8.98 Å². The molecule has 0 atom stereocenters. The summed E-state index contributed by atoms with van der Waals surface area (Å²) < 4.78 is 11.1. The molecule has 3 aromatic heterocycles. The first kappa shape index (κ1) is 22.2. The summed E-state index contributed by atoms with van der Waals surface area (Å²) in [4.78, 5) is 4.84. The summed E-state index contributed by atoms with van der Waals surface area (Å²) in [5, 5.41) is 7.82. The summed E-state index contributed by atoms with van der Waals surface area (Å²) in [6.45, 7) is 0. The van der Waals surface area contributed by atoms with Crippen molar-refractivity contribution in [2.45, 2.75) is 0 Å². The van der Waals surface area contributed by atoms with Crippen LogP contribution in [0, 0.1) is 0 Å². The number of benzene rings is 6. The number of thiophene rings is 1. The molecule has 0 bridgehead atoms. The Bertz CT molecular complexity index is 2450. The van der Waals surface area contributed by atoms with Gasteiger partial charge in [-0.3, -0.25) is 0 Å². The van der Waals surface area contributed by atoms with Crippen molar-refractivity contribution in [1.29, 1.82) is 0 Å². The largest absolute Gasteiger partial charge is 0.435 e. The lowest BCUT2D eigenvalue weighted by Crippen LogP contribution is -1.93. The number of para-hydroxylation sites is 1. The molecule has 0 saturated carbocycles. The van der Waals surface area contributed by atoms with Crippen LogP contribution in [0.15, 0.2) is 120 Å². The summed E-state index contributed by atoms with van der Waals surface area (Å²) in [6, 6.07) is 40.6. The molecule has 0 fully saturated rings. The van der Waals surface area contributed by atoms with Crippen LogP contribution in [0.3, 0.4) is 0 Å². The number of halogens is 1. The number of aromatic nitrogens is 2. The van der Waals surface area contributed by atoms with E-state index in [0.717, 1.165) is 26.9 Å². The SMILES string of the molecule is Clc1cc2sc3ccccc3c2c2oc(-c3ccc(-n4c5ccccc5c5cc6ccccc6cc54)cc3)nc12. The fourth-order valence-corrected chi connectivity index (χ4v) is 7.49. The van der Waals surface area contributed by atoms with Crippen molar-refractivity contribution in [1.82, 2.24) is 9.55 Å². The smallest absolute Gasteiger partial charge is 0.227 e. The van der Waals surface area contributed by atoms with E-state index in [1.807, 2.05) is 6.07 Å². The molecule has 6 aromatic carbocycles. The summed E-state index contributed by atoms with van der Waals surface area (Å²) >= 11 is 8.41. The highest BCUT2D eigenvalue weighted by atomic mass is 35.5. The van der Waals surface area contributed by atoms with Gasteiger partial charge in [-0.1, -0.05) is 72.3 Å². The van der Waals surface area contributed by atoms with Crippen molar-refractivity contribution < 1.29 is 4.42 Å². The minimum atomic E-state index is 0.569. The first-order valence-corrected chi connectivity index (χ1v) is 14.4. The zero-order valence-electron chi connectivity index (χ0n) is 21.1. The quantitative estimate of drug-likeness (QED) is 0.214. The molecule has 0 amide bonds. The topological polar surface area (TPSA) is 31.0 Å². The predicted molar refractivity (Wildman–Crippen MR) is 169 cm³/mol. The van der Waals surface area contributed by atoms with Gasteiger partial charge in [0.1, 0.15) is 5.52 Å². The maximum Gasteiger partial charge on any atom is 0.227 e. The van der Waals surface area contributed by atoms with Crippen LogP contribution in [0.25, 0.3) is 81.0 Å². The second-order valence-corrected chi connectivity index (χ2v) is 11.6. The average molecular weight is 551 g/mol. The van der Waals surface area contributed by atoms with E-state index < -0.39 is 0 Å². The second kappa shape index (κ2) is 8.18. The molecule has 9 rings (SSSR count). The van der Waals surface area contributed by atoms with Gasteiger partial charge in [-0.05, 0) is 65.4 Å². The van der Waals surface area contributed by atoms with Crippen LogP contribution in [0.2, 0.25) is 5.02 Å². The normalized spacial score (nSPS) is 12.1. The summed E-state index contributed by atoms with van der Waals surface area (Å²) in [5.74, 6) is 0.569. The third kappa shape index (κ3) is 3.09. The van der Waals surface area contributed by atoms with E-state index in [1.54, 1.807) is 11.3 Å². The molecule has 5 heteroatoms. The Morgan fingerprint density at radius 2 is 1.38 bits per heavy atom. The number of fused-ring (bicyclic) bond motifs is 9. The second-order valence-electron chi connectivity index (χ2n) is 10.1. The van der Waals surface area contributed by atoms with Gasteiger partial charge in [0.15, 0.2) is 5.58 Å². The number of rotatable bonds is 2. The molecule has 0 radical (unpaired) electrons. The van der Waals surface area contributed by atoms with Crippen LogP contribution >= 0.6 is 22.9 Å². The molecule has 0 unspecified atom stereocenters. The summed E-state index contributed by atoms with van der Waals surface area (Å²) in [6.07, 6.45) is 0. The van der Waals surface area contributed by atoms with E-state index in [-0.39, 0.29) is 0 Å². The van der Waals surface area contributed by atoms with Crippen molar-refractivity contribution >= 4 is 86.8 Å². The molecule has 0 saturated heterocycles. The third-order valence-electron chi connectivity index (χ3n) is 7.87. The van der Waals surface area contributed by atoms with E-state index in [4.69, 9.17) is 21.0 Å². The number of hydrogen-bond acceptors (Lipinski definition) is 3. The van der Waals surface area contributed by atoms with E-state index in [9.17, 15) is 0 Å². The Hall–Kier alpha value is -4.64. The van der Waals surface area contributed by atoms with Crippen LogP contribution in [-0.4, -0.2) is 9.55 Å². The predicted octanol–water partition coefficient (Wildman–Crippen LogP) is 10.8. The molecular weight excluding hydrogens is 532 g/mol. The highest BCUT2D eigenvalue weighted by molar-refractivity contribution is 7.26. The Morgan fingerprint density at radius 1 is 0.650 bits per heavy atom. The lowest BCUT2D eigenvalue weighted by Gasteiger charge is -2.09. The van der Waals surface area contributed by atoms with Crippen LogP contribution in [-0.2, 0) is 0 Å². The molecule has 40 heavy (non-hydrogen) atoms. The van der Waals surface area contributed by atoms with Crippen molar-refractivity contribution in [2.75, 3.05) is 0 Å². The molecule has 0 N–H and O–H groups in total. The lowest BCUT2D eigenvalue weighted by atomic mass is 10.1. The molecular formula is C35H19ClN2OS. The highest BCUT2D eigenvalue weighted by Crippen LogP contribution is 2.43. The maximum absolute atomic E-state index is 6.69. The zero-order valence-corrected chi connectivity index (χ0v) is 22.6. The van der Waals surface area contributed by atoms with Crippen LogP contribution in [0.5, 0.6) is 0 Å².